The van der Waals surface area contributed by atoms with Crippen LogP contribution in [0.5, 0.6) is 0 Å². The van der Waals surface area contributed by atoms with Crippen LogP contribution in [0.3, 0.4) is 0 Å². The van der Waals surface area contributed by atoms with E-state index in [-0.39, 0.29) is 11.7 Å². The fourth-order valence-electron chi connectivity index (χ4n) is 3.55. The van der Waals surface area contributed by atoms with Gasteiger partial charge in [0.05, 0.1) is 16.5 Å². The topological polar surface area (TPSA) is 70.6 Å². The minimum atomic E-state index is -3.40. The van der Waals surface area contributed by atoms with Gasteiger partial charge in [0.25, 0.3) is 5.91 Å². The van der Waals surface area contributed by atoms with Crippen LogP contribution in [-0.4, -0.2) is 54.7 Å². The second-order valence-corrected chi connectivity index (χ2v) is 11.7. The van der Waals surface area contributed by atoms with Gasteiger partial charge in [-0.3, -0.25) is 4.79 Å². The first-order valence-electron chi connectivity index (χ1n) is 10.4. The van der Waals surface area contributed by atoms with Crippen molar-refractivity contribution in [2.24, 2.45) is 0 Å². The lowest BCUT2D eigenvalue weighted by Crippen LogP contribution is -2.50. The second-order valence-electron chi connectivity index (χ2n) is 7.60. The Balaban J connectivity index is 1.30. The van der Waals surface area contributed by atoms with Crippen LogP contribution in [0.1, 0.15) is 26.6 Å². The number of aryl methyl sites for hydroxylation is 1. The number of carbonyl (C=O) groups is 1. The first-order valence-corrected chi connectivity index (χ1v) is 13.8. The summed E-state index contributed by atoms with van der Waals surface area (Å²) in [5.41, 5.74) is 2.46. The fraction of sp³-hybridized carbons (Fsp3) is 0.304. The minimum absolute atomic E-state index is 0.0125. The average molecular weight is 488 g/mol. The molecule has 3 aromatic rings. The lowest BCUT2D eigenvalue weighted by Gasteiger charge is -2.34. The Morgan fingerprint density at radius 3 is 2.34 bits per heavy atom. The van der Waals surface area contributed by atoms with Crippen molar-refractivity contribution in [2.75, 3.05) is 26.2 Å². The monoisotopic (exact) mass is 487 g/mol. The number of rotatable bonds is 7. The molecule has 1 aliphatic heterocycles. The maximum atomic E-state index is 12.9. The number of thiazole rings is 1. The molecular weight excluding hydrogens is 462 g/mol. The van der Waals surface area contributed by atoms with Crippen molar-refractivity contribution in [2.45, 2.75) is 23.3 Å². The number of thioether (sulfide) groups is 1. The number of hydrogen-bond acceptors (Lipinski definition) is 6. The van der Waals surface area contributed by atoms with Gasteiger partial charge in [0, 0.05) is 47.8 Å². The molecule has 0 saturated carbocycles. The number of piperazine rings is 1. The van der Waals surface area contributed by atoms with E-state index in [1.165, 1.54) is 4.31 Å². The van der Waals surface area contributed by atoms with E-state index < -0.39 is 10.0 Å². The second kappa shape index (κ2) is 10.2. The summed E-state index contributed by atoms with van der Waals surface area (Å²) in [7, 11) is -3.40. The van der Waals surface area contributed by atoms with Crippen LogP contribution in [0.25, 0.3) is 0 Å². The zero-order valence-corrected chi connectivity index (χ0v) is 20.3. The predicted octanol–water partition coefficient (Wildman–Crippen LogP) is 4.03. The molecule has 2 aromatic carbocycles. The molecule has 0 unspecified atom stereocenters. The normalized spacial score (nSPS) is 15.1. The number of carbonyl (C=O) groups excluding carboxylic acids is 1. The van der Waals surface area contributed by atoms with Crippen molar-refractivity contribution in [3.63, 3.8) is 0 Å². The molecule has 1 saturated heterocycles. The van der Waals surface area contributed by atoms with Crippen molar-refractivity contribution in [1.82, 2.24) is 14.2 Å². The van der Waals surface area contributed by atoms with Gasteiger partial charge in [-0.25, -0.2) is 13.4 Å². The Bertz CT molecular complexity index is 1150. The van der Waals surface area contributed by atoms with Crippen LogP contribution in [0.15, 0.2) is 64.9 Å². The molecule has 1 amide bonds. The highest BCUT2D eigenvalue weighted by molar-refractivity contribution is 7.98. The lowest BCUT2D eigenvalue weighted by atomic mass is 10.2. The summed E-state index contributed by atoms with van der Waals surface area (Å²) in [5, 5.41) is 3.13. The summed E-state index contributed by atoms with van der Waals surface area (Å²) in [5.74, 6) is 0.732. The van der Waals surface area contributed by atoms with E-state index in [0.29, 0.717) is 31.7 Å². The number of hydrogen-bond donors (Lipinski definition) is 0. The fourth-order valence-corrected chi connectivity index (χ4v) is 6.58. The quantitative estimate of drug-likeness (QED) is 0.471. The van der Waals surface area contributed by atoms with E-state index in [0.717, 1.165) is 26.9 Å². The molecule has 0 spiro atoms. The molecule has 1 aliphatic rings. The molecule has 1 aromatic heterocycles. The maximum absolute atomic E-state index is 12.9. The molecule has 0 aliphatic carbocycles. The van der Waals surface area contributed by atoms with E-state index in [1.54, 1.807) is 28.0 Å². The Kier molecular flexibility index (Phi) is 7.30. The molecular formula is C23H25N3O3S3. The smallest absolute Gasteiger partial charge is 0.253 e. The van der Waals surface area contributed by atoms with E-state index in [2.05, 4.69) is 10.4 Å². The lowest BCUT2D eigenvalue weighted by molar-refractivity contribution is 0.0697. The number of aromatic nitrogens is 1. The third kappa shape index (κ3) is 5.78. The highest BCUT2D eigenvalue weighted by Gasteiger charge is 2.29. The number of amides is 1. The van der Waals surface area contributed by atoms with Gasteiger partial charge in [-0.2, -0.15) is 4.31 Å². The van der Waals surface area contributed by atoms with Crippen LogP contribution < -0.4 is 0 Å². The zero-order valence-electron chi connectivity index (χ0n) is 17.8. The van der Waals surface area contributed by atoms with Crippen LogP contribution in [-0.2, 0) is 21.5 Å². The van der Waals surface area contributed by atoms with Crippen LogP contribution in [0.4, 0.5) is 0 Å². The maximum Gasteiger partial charge on any atom is 0.253 e. The van der Waals surface area contributed by atoms with Crippen LogP contribution >= 0.6 is 23.1 Å². The summed E-state index contributed by atoms with van der Waals surface area (Å²) >= 11 is 3.34. The summed E-state index contributed by atoms with van der Waals surface area (Å²) in [6.45, 7) is 3.43. The van der Waals surface area contributed by atoms with Crippen molar-refractivity contribution >= 4 is 39.0 Å². The van der Waals surface area contributed by atoms with Crippen LogP contribution in [0, 0.1) is 6.92 Å². The third-order valence-corrected chi connectivity index (χ3v) is 8.98. The summed E-state index contributed by atoms with van der Waals surface area (Å²) < 4.78 is 26.9. The highest BCUT2D eigenvalue weighted by atomic mass is 32.2. The van der Waals surface area contributed by atoms with E-state index in [1.807, 2.05) is 61.5 Å². The zero-order chi connectivity index (χ0) is 22.6. The molecule has 0 atom stereocenters. The van der Waals surface area contributed by atoms with Gasteiger partial charge in [0.15, 0.2) is 0 Å². The first-order chi connectivity index (χ1) is 15.4. The molecule has 4 rings (SSSR count). The molecule has 1 fully saturated rings. The molecule has 32 heavy (non-hydrogen) atoms. The van der Waals surface area contributed by atoms with E-state index in [9.17, 15) is 13.2 Å². The molecule has 0 N–H and O–H groups in total. The van der Waals surface area contributed by atoms with Crippen molar-refractivity contribution in [3.05, 3.63) is 81.8 Å². The van der Waals surface area contributed by atoms with E-state index in [4.69, 9.17) is 0 Å². The molecule has 6 nitrogen and oxygen atoms in total. The summed E-state index contributed by atoms with van der Waals surface area (Å²) in [6, 6.07) is 16.8. The number of benzene rings is 2. The Hall–Kier alpha value is -2.20. The highest BCUT2D eigenvalue weighted by Crippen LogP contribution is 2.24. The Labute approximate surface area is 197 Å². The van der Waals surface area contributed by atoms with Crippen molar-refractivity contribution in [3.8, 4) is 0 Å². The summed E-state index contributed by atoms with van der Waals surface area (Å²) in [6.07, 6.45) is 0. The largest absolute Gasteiger partial charge is 0.336 e. The third-order valence-electron chi connectivity index (χ3n) is 5.27. The van der Waals surface area contributed by atoms with Crippen molar-refractivity contribution < 1.29 is 13.2 Å². The van der Waals surface area contributed by atoms with Gasteiger partial charge in [-0.1, -0.05) is 30.3 Å². The predicted molar refractivity (Wildman–Crippen MR) is 129 cm³/mol. The number of sulfonamides is 1. The SMILES string of the molecule is Cc1nc(CSc2ccc(C(=O)N3CCN(S(=O)(=O)Cc4ccccc4)CC3)cc2)cs1. The van der Waals surface area contributed by atoms with Crippen LogP contribution in [0.2, 0.25) is 0 Å². The van der Waals surface area contributed by atoms with Crippen molar-refractivity contribution in [1.29, 1.82) is 0 Å². The summed E-state index contributed by atoms with van der Waals surface area (Å²) in [4.78, 5) is 20.2. The number of nitrogens with zero attached hydrogens (tertiary/aromatic N) is 3. The van der Waals surface area contributed by atoms with Gasteiger partial charge in [-0.15, -0.1) is 23.1 Å². The van der Waals surface area contributed by atoms with Gasteiger partial charge in [-0.05, 0) is 36.8 Å². The standard InChI is InChI=1S/C23H25N3O3S3/c1-18-24-21(15-30-18)16-31-22-9-7-20(8-10-22)23(27)25-11-13-26(14-12-25)32(28,29)17-19-5-3-2-4-6-19/h2-10,15H,11-14,16-17H2,1H3. The minimum Gasteiger partial charge on any atom is -0.336 e. The van der Waals surface area contributed by atoms with E-state index >= 15 is 0 Å². The molecule has 0 radical (unpaired) electrons. The molecule has 0 bridgehead atoms. The first kappa shape index (κ1) is 23.0. The average Bonchev–Trinajstić information content (AvgIpc) is 3.23. The van der Waals surface area contributed by atoms with Gasteiger partial charge in [0.2, 0.25) is 10.0 Å². The van der Waals surface area contributed by atoms with Gasteiger partial charge in [0.1, 0.15) is 0 Å². The Morgan fingerprint density at radius 1 is 1.03 bits per heavy atom. The van der Waals surface area contributed by atoms with Gasteiger partial charge >= 0.3 is 0 Å². The Morgan fingerprint density at radius 2 is 1.72 bits per heavy atom. The van der Waals surface area contributed by atoms with Gasteiger partial charge < -0.3 is 4.90 Å². The molecule has 9 heteroatoms. The molecule has 2 heterocycles. The molecule has 168 valence electrons.